The fourth-order valence-corrected chi connectivity index (χ4v) is 3.93. The van der Waals surface area contributed by atoms with Gasteiger partial charge in [-0.15, -0.1) is 0 Å². The van der Waals surface area contributed by atoms with Gasteiger partial charge in [-0.05, 0) is 43.7 Å². The average Bonchev–Trinajstić information content (AvgIpc) is 2.75. The van der Waals surface area contributed by atoms with Gasteiger partial charge in [0.15, 0.2) is 0 Å². The van der Waals surface area contributed by atoms with Crippen LogP contribution in [0.5, 0.6) is 5.75 Å². The molecule has 2 aromatic rings. The quantitative estimate of drug-likeness (QED) is 0.920. The van der Waals surface area contributed by atoms with E-state index in [1.807, 2.05) is 24.3 Å². The summed E-state index contributed by atoms with van der Waals surface area (Å²) >= 11 is 0. The molecule has 3 heteroatoms. The maximum Gasteiger partial charge on any atom is 0.212 e. The van der Waals surface area contributed by atoms with Crippen LogP contribution < -0.4 is 9.64 Å². The summed E-state index contributed by atoms with van der Waals surface area (Å²) in [5, 5.41) is 9.61. The summed E-state index contributed by atoms with van der Waals surface area (Å²) in [6.45, 7) is 5.04. The summed E-state index contributed by atoms with van der Waals surface area (Å²) < 4.78 is 6.57. The molecular formula is C20H21NO2. The Balaban J connectivity index is 1.91. The maximum absolute atomic E-state index is 9.61. The zero-order valence-electron chi connectivity index (χ0n) is 13.5. The Labute approximate surface area is 136 Å². The molecule has 0 saturated heterocycles. The number of rotatable bonds is 2. The Morgan fingerprint density at radius 2 is 1.78 bits per heavy atom. The van der Waals surface area contributed by atoms with Crippen LogP contribution in [0.15, 0.2) is 54.6 Å². The number of β-amino-alcohol motifs (C(OH)–C–C–N with tert-alkyl or cyclic N) is 1. The van der Waals surface area contributed by atoms with Gasteiger partial charge in [-0.25, -0.2) is 0 Å². The molecule has 1 atom stereocenters. The number of aliphatic hydroxyl groups excluding tert-OH is 1. The molecule has 2 aromatic carbocycles. The Morgan fingerprint density at radius 1 is 1.04 bits per heavy atom. The first kappa shape index (κ1) is 14.3. The highest BCUT2D eigenvalue weighted by molar-refractivity contribution is 5.72. The van der Waals surface area contributed by atoms with Crippen molar-refractivity contribution in [2.45, 2.75) is 25.0 Å². The highest BCUT2D eigenvalue weighted by atomic mass is 16.5. The molecule has 0 unspecified atom stereocenters. The van der Waals surface area contributed by atoms with Gasteiger partial charge in [0.25, 0.3) is 0 Å². The van der Waals surface area contributed by atoms with Gasteiger partial charge in [0, 0.05) is 17.8 Å². The van der Waals surface area contributed by atoms with Gasteiger partial charge < -0.3 is 14.7 Å². The molecule has 0 saturated carbocycles. The van der Waals surface area contributed by atoms with E-state index in [0.29, 0.717) is 6.54 Å². The number of hydrogen-bond acceptors (Lipinski definition) is 3. The van der Waals surface area contributed by atoms with Crippen LogP contribution in [-0.2, 0) is 5.41 Å². The summed E-state index contributed by atoms with van der Waals surface area (Å²) in [7, 11) is 0. The van der Waals surface area contributed by atoms with E-state index < -0.39 is 5.72 Å². The highest BCUT2D eigenvalue weighted by Gasteiger charge is 2.58. The van der Waals surface area contributed by atoms with E-state index in [4.69, 9.17) is 4.74 Å². The van der Waals surface area contributed by atoms with Crippen LogP contribution >= 0.6 is 0 Å². The number of fused-ring (bicyclic) bond motifs is 2. The first-order valence-electron chi connectivity index (χ1n) is 8.05. The summed E-state index contributed by atoms with van der Waals surface area (Å²) in [5.74, 6) is 0.888. The molecular weight excluding hydrogens is 286 g/mol. The van der Waals surface area contributed by atoms with E-state index in [1.165, 1.54) is 5.56 Å². The third kappa shape index (κ3) is 1.80. The van der Waals surface area contributed by atoms with Crippen molar-refractivity contribution in [3.8, 4) is 5.75 Å². The Morgan fingerprint density at radius 3 is 2.61 bits per heavy atom. The molecule has 2 aliphatic rings. The van der Waals surface area contributed by atoms with Crippen molar-refractivity contribution in [3.63, 3.8) is 0 Å². The smallest absolute Gasteiger partial charge is 0.212 e. The summed E-state index contributed by atoms with van der Waals surface area (Å²) in [6, 6.07) is 16.5. The zero-order chi connectivity index (χ0) is 16.1. The standard InChI is InChI=1S/C20H21NO2/c1-19(2)16-8-4-5-9-17(16)21(13-14-22)20(19)12-11-15-7-3-6-10-18(15)23-20/h3-12,22H,13-14H2,1-2H3/t20-/m1/s1. The monoisotopic (exact) mass is 307 g/mol. The maximum atomic E-state index is 9.61. The molecule has 0 bridgehead atoms. The van der Waals surface area contributed by atoms with Crippen molar-refractivity contribution >= 4 is 11.8 Å². The lowest BCUT2D eigenvalue weighted by Gasteiger charge is -2.47. The zero-order valence-corrected chi connectivity index (χ0v) is 13.5. The topological polar surface area (TPSA) is 32.7 Å². The number of benzene rings is 2. The number of para-hydroxylation sites is 2. The lowest BCUT2D eigenvalue weighted by atomic mass is 9.76. The minimum absolute atomic E-state index is 0.0883. The van der Waals surface area contributed by atoms with E-state index in [1.54, 1.807) is 0 Å². The number of ether oxygens (including phenoxy) is 1. The third-order valence-electron chi connectivity index (χ3n) is 5.16. The van der Waals surface area contributed by atoms with Gasteiger partial charge in [-0.1, -0.05) is 36.4 Å². The fraction of sp³-hybridized carbons (Fsp3) is 0.300. The van der Waals surface area contributed by atoms with Crippen LogP contribution in [0.3, 0.4) is 0 Å². The van der Waals surface area contributed by atoms with Gasteiger partial charge in [-0.2, -0.15) is 0 Å². The minimum Gasteiger partial charge on any atom is -0.463 e. The molecule has 3 nitrogen and oxygen atoms in total. The molecule has 0 aromatic heterocycles. The van der Waals surface area contributed by atoms with Gasteiger partial charge in [0.2, 0.25) is 5.72 Å². The number of hydrogen-bond donors (Lipinski definition) is 1. The van der Waals surface area contributed by atoms with Crippen LogP contribution in [0, 0.1) is 0 Å². The molecule has 0 aliphatic carbocycles. The van der Waals surface area contributed by atoms with E-state index in [9.17, 15) is 5.11 Å². The molecule has 4 rings (SSSR count). The second-order valence-electron chi connectivity index (χ2n) is 6.69. The van der Waals surface area contributed by atoms with Crippen LogP contribution in [0.1, 0.15) is 25.0 Å². The molecule has 23 heavy (non-hydrogen) atoms. The number of aliphatic hydroxyl groups is 1. The Hall–Kier alpha value is -2.26. The van der Waals surface area contributed by atoms with E-state index in [-0.39, 0.29) is 12.0 Å². The first-order chi connectivity index (χ1) is 11.1. The normalized spacial score (nSPS) is 23.5. The molecule has 118 valence electrons. The van der Waals surface area contributed by atoms with E-state index >= 15 is 0 Å². The lowest BCUT2D eigenvalue weighted by Crippen LogP contribution is -2.60. The predicted octanol–water partition coefficient (Wildman–Crippen LogP) is 3.58. The van der Waals surface area contributed by atoms with Crippen LogP contribution in [0.2, 0.25) is 0 Å². The van der Waals surface area contributed by atoms with Crippen LogP contribution in [0.25, 0.3) is 6.08 Å². The van der Waals surface area contributed by atoms with Crippen molar-refractivity contribution in [1.29, 1.82) is 0 Å². The van der Waals surface area contributed by atoms with Gasteiger partial charge >= 0.3 is 0 Å². The predicted molar refractivity (Wildman–Crippen MR) is 92.7 cm³/mol. The molecule has 2 heterocycles. The Bertz CT molecular complexity index is 781. The first-order valence-corrected chi connectivity index (χ1v) is 8.05. The molecule has 1 spiro atoms. The van der Waals surface area contributed by atoms with Gasteiger partial charge in [0.1, 0.15) is 5.75 Å². The average molecular weight is 307 g/mol. The third-order valence-corrected chi connectivity index (χ3v) is 5.16. The Kier molecular flexibility index (Phi) is 3.03. The minimum atomic E-state index is -0.617. The van der Waals surface area contributed by atoms with Crippen molar-refractivity contribution in [1.82, 2.24) is 0 Å². The van der Waals surface area contributed by atoms with E-state index in [0.717, 1.165) is 17.0 Å². The van der Waals surface area contributed by atoms with Crippen molar-refractivity contribution in [3.05, 3.63) is 65.7 Å². The molecule has 1 N–H and O–H groups in total. The molecule has 0 radical (unpaired) electrons. The SMILES string of the molecule is CC1(C)c2ccccc2N(CCO)[C@@]12C=Cc1ccccc1O2. The fourth-order valence-electron chi connectivity index (χ4n) is 3.93. The van der Waals surface area contributed by atoms with Crippen molar-refractivity contribution in [2.24, 2.45) is 0 Å². The van der Waals surface area contributed by atoms with Crippen molar-refractivity contribution in [2.75, 3.05) is 18.1 Å². The highest BCUT2D eigenvalue weighted by Crippen LogP contribution is 2.54. The number of anilines is 1. The van der Waals surface area contributed by atoms with Gasteiger partial charge in [0.05, 0.1) is 12.0 Å². The largest absolute Gasteiger partial charge is 0.463 e. The van der Waals surface area contributed by atoms with E-state index in [2.05, 4.69) is 55.2 Å². The molecule has 2 aliphatic heterocycles. The lowest BCUT2D eigenvalue weighted by molar-refractivity contribution is 0.0504. The number of nitrogens with zero attached hydrogens (tertiary/aromatic N) is 1. The molecule has 0 amide bonds. The second kappa shape index (κ2) is 4.87. The van der Waals surface area contributed by atoms with Crippen LogP contribution in [0.4, 0.5) is 5.69 Å². The second-order valence-corrected chi connectivity index (χ2v) is 6.69. The molecule has 0 fully saturated rings. The van der Waals surface area contributed by atoms with Crippen molar-refractivity contribution < 1.29 is 9.84 Å². The summed E-state index contributed by atoms with van der Waals surface area (Å²) in [6.07, 6.45) is 4.28. The van der Waals surface area contributed by atoms with Gasteiger partial charge in [-0.3, -0.25) is 0 Å². The van der Waals surface area contributed by atoms with Crippen LogP contribution in [-0.4, -0.2) is 24.0 Å². The summed E-state index contributed by atoms with van der Waals surface area (Å²) in [5.41, 5.74) is 2.62. The summed E-state index contributed by atoms with van der Waals surface area (Å²) in [4.78, 5) is 2.19.